The zero-order valence-corrected chi connectivity index (χ0v) is 11.8. The van der Waals surface area contributed by atoms with E-state index < -0.39 is 0 Å². The van der Waals surface area contributed by atoms with Crippen molar-refractivity contribution in [3.05, 3.63) is 40.7 Å². The van der Waals surface area contributed by atoms with Crippen LogP contribution < -0.4 is 21.9 Å². The van der Waals surface area contributed by atoms with Gasteiger partial charge in [0.25, 0.3) is 5.56 Å². The van der Waals surface area contributed by atoms with E-state index in [-0.39, 0.29) is 17.6 Å². The average molecular weight is 287 g/mol. The van der Waals surface area contributed by atoms with Gasteiger partial charge in [-0.15, -0.1) is 0 Å². The molecular formula is C14H17N5O2. The van der Waals surface area contributed by atoms with Gasteiger partial charge in [-0.25, -0.2) is 5.10 Å². The Kier molecular flexibility index (Phi) is 4.22. The van der Waals surface area contributed by atoms with E-state index >= 15 is 0 Å². The summed E-state index contributed by atoms with van der Waals surface area (Å²) in [6.45, 7) is 3.27. The molecular weight excluding hydrogens is 270 g/mol. The van der Waals surface area contributed by atoms with Gasteiger partial charge in [0.15, 0.2) is 0 Å². The van der Waals surface area contributed by atoms with Crippen molar-refractivity contribution in [1.82, 2.24) is 15.5 Å². The van der Waals surface area contributed by atoms with Crippen LogP contribution in [-0.4, -0.2) is 22.3 Å². The maximum Gasteiger partial charge on any atom is 0.264 e. The van der Waals surface area contributed by atoms with Crippen LogP contribution >= 0.6 is 0 Å². The van der Waals surface area contributed by atoms with Crippen LogP contribution in [0.1, 0.15) is 13.8 Å². The number of hydrogen-bond donors (Lipinski definition) is 4. The first kappa shape index (κ1) is 14.6. The fraction of sp³-hybridized carbons (Fsp3) is 0.214. The molecule has 1 amide bonds. The van der Waals surface area contributed by atoms with Crippen molar-refractivity contribution in [1.29, 1.82) is 0 Å². The van der Waals surface area contributed by atoms with Crippen molar-refractivity contribution in [3.63, 3.8) is 0 Å². The maximum absolute atomic E-state index is 11.0. The number of H-pyrrole nitrogens is 1. The molecule has 7 nitrogen and oxygen atoms in total. The van der Waals surface area contributed by atoms with Gasteiger partial charge in [0.05, 0.1) is 23.2 Å². The topological polar surface area (TPSA) is 113 Å². The summed E-state index contributed by atoms with van der Waals surface area (Å²) in [6.07, 6.45) is -0.234. The Balaban J connectivity index is 2.19. The number of aromatic nitrogens is 2. The number of nitrogens with zero attached hydrogens (tertiary/aromatic N) is 1. The second-order valence-corrected chi connectivity index (χ2v) is 4.68. The molecule has 1 unspecified atom stereocenters. The van der Waals surface area contributed by atoms with Gasteiger partial charge in [-0.05, 0) is 25.1 Å². The molecule has 2 aromatic rings. The molecule has 7 heteroatoms. The fourth-order valence-electron chi connectivity index (χ4n) is 1.93. The van der Waals surface area contributed by atoms with E-state index in [1.807, 2.05) is 13.0 Å². The summed E-state index contributed by atoms with van der Waals surface area (Å²) < 4.78 is 0. The predicted octanol–water partition coefficient (Wildman–Crippen LogP) is 0.913. The second-order valence-electron chi connectivity index (χ2n) is 4.68. The van der Waals surface area contributed by atoms with Crippen LogP contribution in [0.5, 0.6) is 0 Å². The number of benzene rings is 1. The normalized spacial score (nSPS) is 11.7. The Labute approximate surface area is 121 Å². The Morgan fingerprint density at radius 1 is 1.33 bits per heavy atom. The van der Waals surface area contributed by atoms with Crippen LogP contribution in [0.2, 0.25) is 0 Å². The van der Waals surface area contributed by atoms with Crippen LogP contribution in [0.15, 0.2) is 35.1 Å². The monoisotopic (exact) mass is 287 g/mol. The third-order valence-corrected chi connectivity index (χ3v) is 2.82. The fourth-order valence-corrected chi connectivity index (χ4v) is 1.93. The minimum Gasteiger partial charge on any atom is -0.397 e. The zero-order chi connectivity index (χ0) is 15.4. The number of aromatic amines is 1. The number of nitrogens with one attached hydrogen (secondary N) is 3. The molecule has 0 aliphatic carbocycles. The van der Waals surface area contributed by atoms with Crippen LogP contribution in [0.4, 0.5) is 11.4 Å². The van der Waals surface area contributed by atoms with Gasteiger partial charge in [0.1, 0.15) is 0 Å². The van der Waals surface area contributed by atoms with Crippen LogP contribution in [-0.2, 0) is 4.79 Å². The summed E-state index contributed by atoms with van der Waals surface area (Å²) in [5, 5.41) is 12.1. The first-order valence-electron chi connectivity index (χ1n) is 6.45. The molecule has 0 fully saturated rings. The molecule has 110 valence electrons. The summed E-state index contributed by atoms with van der Waals surface area (Å²) in [6, 6.07) is 8.42. The van der Waals surface area contributed by atoms with E-state index in [1.165, 1.54) is 13.0 Å². The highest BCUT2D eigenvalue weighted by molar-refractivity contribution is 5.76. The van der Waals surface area contributed by atoms with Crippen LogP contribution in [0.3, 0.4) is 0 Å². The zero-order valence-electron chi connectivity index (χ0n) is 11.8. The Morgan fingerprint density at radius 2 is 2.10 bits per heavy atom. The van der Waals surface area contributed by atoms with Crippen LogP contribution in [0.25, 0.3) is 11.3 Å². The highest BCUT2D eigenvalue weighted by Gasteiger charge is 2.07. The molecule has 1 heterocycles. The Bertz CT molecular complexity index is 690. The minimum atomic E-state index is -0.255. The quantitative estimate of drug-likeness (QED) is 0.493. The van der Waals surface area contributed by atoms with Crippen molar-refractivity contribution in [3.8, 4) is 11.3 Å². The average Bonchev–Trinajstić information content (AvgIpc) is 2.41. The van der Waals surface area contributed by atoms with E-state index in [1.54, 1.807) is 18.2 Å². The van der Waals surface area contributed by atoms with Gasteiger partial charge in [-0.1, -0.05) is 6.07 Å². The Hall–Kier alpha value is -2.83. The summed E-state index contributed by atoms with van der Waals surface area (Å²) in [4.78, 5) is 22.0. The van der Waals surface area contributed by atoms with E-state index in [9.17, 15) is 9.59 Å². The number of carbonyl (C=O) groups excluding carboxylic acids is 1. The maximum atomic E-state index is 11.0. The highest BCUT2D eigenvalue weighted by atomic mass is 16.1. The molecule has 0 saturated heterocycles. The summed E-state index contributed by atoms with van der Waals surface area (Å²) in [5.74, 6) is -0.123. The number of nitrogen functional groups attached to an aromatic ring is 1. The molecule has 0 aliphatic heterocycles. The lowest BCUT2D eigenvalue weighted by atomic mass is 10.1. The predicted molar refractivity (Wildman–Crippen MR) is 81.6 cm³/mol. The van der Waals surface area contributed by atoms with Crippen molar-refractivity contribution in [2.75, 3.05) is 11.1 Å². The van der Waals surface area contributed by atoms with Gasteiger partial charge in [0.2, 0.25) is 5.91 Å². The molecule has 5 N–H and O–H groups in total. The van der Waals surface area contributed by atoms with Gasteiger partial charge in [-0.2, -0.15) is 5.10 Å². The third-order valence-electron chi connectivity index (χ3n) is 2.82. The van der Waals surface area contributed by atoms with Crippen molar-refractivity contribution in [2.45, 2.75) is 20.0 Å². The van der Waals surface area contributed by atoms with Crippen molar-refractivity contribution in [2.24, 2.45) is 0 Å². The lowest BCUT2D eigenvalue weighted by Gasteiger charge is -2.17. The molecule has 21 heavy (non-hydrogen) atoms. The van der Waals surface area contributed by atoms with Crippen molar-refractivity contribution < 1.29 is 4.79 Å². The lowest BCUT2D eigenvalue weighted by Crippen LogP contribution is -2.36. The molecule has 2 rings (SSSR count). The smallest absolute Gasteiger partial charge is 0.264 e. The minimum absolute atomic E-state index is 0.123. The van der Waals surface area contributed by atoms with E-state index in [0.717, 1.165) is 5.56 Å². The summed E-state index contributed by atoms with van der Waals surface area (Å²) in [5.41, 5.74) is 8.40. The molecule has 0 bridgehead atoms. The molecule has 0 saturated carbocycles. The SMILES string of the molecule is CC(=O)NC(C)Nc1ccc(-c2ccc(=O)[nH]n2)cc1N. The first-order valence-corrected chi connectivity index (χ1v) is 6.45. The molecule has 1 atom stereocenters. The first-order chi connectivity index (χ1) is 9.95. The van der Waals surface area contributed by atoms with E-state index in [0.29, 0.717) is 17.1 Å². The molecule has 0 spiro atoms. The standard InChI is InChI=1S/C14H17N5O2/c1-8(16-9(2)20)17-13-4-3-10(7-11(13)15)12-5-6-14(21)19-18-12/h3-8,17H,15H2,1-2H3,(H,16,20)(H,19,21). The van der Waals surface area contributed by atoms with Gasteiger partial charge in [0, 0.05) is 18.6 Å². The van der Waals surface area contributed by atoms with Gasteiger partial charge >= 0.3 is 0 Å². The van der Waals surface area contributed by atoms with E-state index in [2.05, 4.69) is 20.8 Å². The van der Waals surface area contributed by atoms with Crippen LogP contribution in [0, 0.1) is 0 Å². The molecule has 1 aromatic heterocycles. The number of hydrogen-bond acceptors (Lipinski definition) is 5. The summed E-state index contributed by atoms with van der Waals surface area (Å²) in [7, 11) is 0. The second kappa shape index (κ2) is 6.08. The van der Waals surface area contributed by atoms with Crippen molar-refractivity contribution >= 4 is 17.3 Å². The number of nitrogens with two attached hydrogens (primary N) is 1. The summed E-state index contributed by atoms with van der Waals surface area (Å²) >= 11 is 0. The Morgan fingerprint density at radius 3 is 2.67 bits per heavy atom. The van der Waals surface area contributed by atoms with Gasteiger partial charge < -0.3 is 16.4 Å². The number of carbonyl (C=O) groups is 1. The number of rotatable bonds is 4. The van der Waals surface area contributed by atoms with E-state index in [4.69, 9.17) is 5.73 Å². The highest BCUT2D eigenvalue weighted by Crippen LogP contribution is 2.25. The third kappa shape index (κ3) is 3.82. The largest absolute Gasteiger partial charge is 0.397 e. The molecule has 0 aliphatic rings. The number of anilines is 2. The molecule has 0 radical (unpaired) electrons. The van der Waals surface area contributed by atoms with Gasteiger partial charge in [-0.3, -0.25) is 9.59 Å². The lowest BCUT2D eigenvalue weighted by molar-refractivity contribution is -0.119. The molecule has 1 aromatic carbocycles. The number of amides is 1.